The highest BCUT2D eigenvalue weighted by atomic mass is 16.1. The number of carbonyl (C=O) groups is 1. The molecule has 0 aromatic rings. The minimum atomic E-state index is 0.195. The molecule has 0 aliphatic carbocycles. The van der Waals surface area contributed by atoms with Crippen LogP contribution in [0.4, 0.5) is 0 Å². The average molecular weight is 213 g/mol. The highest BCUT2D eigenvalue weighted by Crippen LogP contribution is 2.13. The summed E-state index contributed by atoms with van der Waals surface area (Å²) in [6.45, 7) is 3.59. The number of hydrogen-bond acceptors (Lipinski definition) is 3. The molecule has 4 N–H and O–H groups in total. The maximum absolute atomic E-state index is 11.5. The van der Waals surface area contributed by atoms with Gasteiger partial charge >= 0.3 is 0 Å². The summed E-state index contributed by atoms with van der Waals surface area (Å²) in [5.74, 6) is 0.731. The summed E-state index contributed by atoms with van der Waals surface area (Å²) in [6, 6.07) is 0. The molecule has 1 aliphatic rings. The van der Waals surface area contributed by atoms with Crippen molar-refractivity contribution in [3.8, 4) is 0 Å². The molecule has 1 fully saturated rings. The van der Waals surface area contributed by atoms with E-state index in [0.717, 1.165) is 32.5 Å². The van der Waals surface area contributed by atoms with Crippen molar-refractivity contribution in [2.75, 3.05) is 26.2 Å². The third kappa shape index (κ3) is 5.74. The van der Waals surface area contributed by atoms with Crippen LogP contribution in [-0.4, -0.2) is 32.1 Å². The number of rotatable bonds is 6. The van der Waals surface area contributed by atoms with Gasteiger partial charge in [0.05, 0.1) is 0 Å². The Bertz CT molecular complexity index is 179. The largest absolute Gasteiger partial charge is 0.356 e. The Morgan fingerprint density at radius 2 is 2.33 bits per heavy atom. The van der Waals surface area contributed by atoms with Gasteiger partial charge in [0.2, 0.25) is 5.91 Å². The fraction of sp³-hybridized carbons (Fsp3) is 0.909. The van der Waals surface area contributed by atoms with Gasteiger partial charge in [0.15, 0.2) is 0 Å². The van der Waals surface area contributed by atoms with Gasteiger partial charge in [0.25, 0.3) is 0 Å². The van der Waals surface area contributed by atoms with Crippen molar-refractivity contribution in [1.29, 1.82) is 0 Å². The quantitative estimate of drug-likeness (QED) is 0.553. The fourth-order valence-electron chi connectivity index (χ4n) is 1.93. The molecule has 88 valence electrons. The molecule has 0 radical (unpaired) electrons. The number of hydrogen-bond donors (Lipinski definition) is 3. The van der Waals surface area contributed by atoms with Crippen LogP contribution in [0.3, 0.4) is 0 Å². The summed E-state index contributed by atoms with van der Waals surface area (Å²) >= 11 is 0. The lowest BCUT2D eigenvalue weighted by Crippen LogP contribution is -2.34. The third-order valence-electron chi connectivity index (χ3n) is 2.83. The molecular formula is C11H23N3O. The van der Waals surface area contributed by atoms with E-state index in [1.165, 1.54) is 12.8 Å². The zero-order chi connectivity index (χ0) is 10.9. The summed E-state index contributed by atoms with van der Waals surface area (Å²) in [7, 11) is 0. The van der Waals surface area contributed by atoms with Crippen LogP contribution >= 0.6 is 0 Å². The standard InChI is InChI=1S/C11H23N3O/c12-5-1-2-7-14-11(15)8-10-4-3-6-13-9-10/h10,13H,1-9,12H2,(H,14,15). The van der Waals surface area contributed by atoms with Crippen LogP contribution < -0.4 is 16.4 Å². The molecule has 4 nitrogen and oxygen atoms in total. The molecule has 1 rings (SSSR count). The fourth-order valence-corrected chi connectivity index (χ4v) is 1.93. The number of unbranched alkanes of at least 4 members (excludes halogenated alkanes) is 1. The van der Waals surface area contributed by atoms with Crippen LogP contribution in [-0.2, 0) is 4.79 Å². The summed E-state index contributed by atoms with van der Waals surface area (Å²) in [6.07, 6.45) is 5.04. The van der Waals surface area contributed by atoms with Gasteiger partial charge in [0.1, 0.15) is 0 Å². The predicted octanol–water partition coefficient (Wildman–Crippen LogP) is 0.231. The van der Waals surface area contributed by atoms with E-state index in [9.17, 15) is 4.79 Å². The van der Waals surface area contributed by atoms with Gasteiger partial charge in [-0.2, -0.15) is 0 Å². The van der Waals surface area contributed by atoms with Crippen LogP contribution in [0.2, 0.25) is 0 Å². The van der Waals surface area contributed by atoms with Gasteiger partial charge in [-0.3, -0.25) is 4.79 Å². The summed E-state index contributed by atoms with van der Waals surface area (Å²) < 4.78 is 0. The van der Waals surface area contributed by atoms with Crippen LogP contribution in [0.1, 0.15) is 32.1 Å². The number of nitrogens with two attached hydrogens (primary N) is 1. The first-order chi connectivity index (χ1) is 7.33. The van der Waals surface area contributed by atoms with E-state index in [-0.39, 0.29) is 5.91 Å². The molecule has 4 heteroatoms. The van der Waals surface area contributed by atoms with Crippen molar-refractivity contribution in [3.63, 3.8) is 0 Å². The maximum atomic E-state index is 11.5. The lowest BCUT2D eigenvalue weighted by Gasteiger charge is -2.22. The molecule has 1 amide bonds. The summed E-state index contributed by atoms with van der Waals surface area (Å²) in [5.41, 5.74) is 5.37. The van der Waals surface area contributed by atoms with Gasteiger partial charge < -0.3 is 16.4 Å². The first-order valence-corrected chi connectivity index (χ1v) is 6.00. The highest BCUT2D eigenvalue weighted by molar-refractivity contribution is 5.76. The number of nitrogens with one attached hydrogen (secondary N) is 2. The normalized spacial score (nSPS) is 21.3. The first kappa shape index (κ1) is 12.5. The zero-order valence-electron chi connectivity index (χ0n) is 9.43. The Morgan fingerprint density at radius 1 is 1.47 bits per heavy atom. The van der Waals surface area contributed by atoms with E-state index in [2.05, 4.69) is 10.6 Å². The Labute approximate surface area is 92.0 Å². The molecule has 0 saturated carbocycles. The van der Waals surface area contributed by atoms with E-state index in [1.54, 1.807) is 0 Å². The van der Waals surface area contributed by atoms with Gasteiger partial charge in [0, 0.05) is 13.0 Å². The Hall–Kier alpha value is -0.610. The van der Waals surface area contributed by atoms with Crippen molar-refractivity contribution in [2.45, 2.75) is 32.1 Å². The number of amides is 1. The molecule has 0 aromatic carbocycles. The Morgan fingerprint density at radius 3 is 3.00 bits per heavy atom. The topological polar surface area (TPSA) is 67.1 Å². The molecular weight excluding hydrogens is 190 g/mol. The Kier molecular flexibility index (Phi) is 6.36. The number of piperidine rings is 1. The first-order valence-electron chi connectivity index (χ1n) is 6.00. The van der Waals surface area contributed by atoms with Gasteiger partial charge in [-0.05, 0) is 51.2 Å². The lowest BCUT2D eigenvalue weighted by atomic mass is 9.96. The zero-order valence-corrected chi connectivity index (χ0v) is 9.43. The average Bonchev–Trinajstić information content (AvgIpc) is 2.26. The van der Waals surface area contributed by atoms with Crippen LogP contribution in [0.25, 0.3) is 0 Å². The molecule has 0 aromatic heterocycles. The predicted molar refractivity (Wildman–Crippen MR) is 61.5 cm³/mol. The minimum absolute atomic E-state index is 0.195. The second-order valence-corrected chi connectivity index (χ2v) is 4.26. The molecule has 1 unspecified atom stereocenters. The van der Waals surface area contributed by atoms with Crippen molar-refractivity contribution >= 4 is 5.91 Å². The van der Waals surface area contributed by atoms with Crippen LogP contribution in [0, 0.1) is 5.92 Å². The van der Waals surface area contributed by atoms with E-state index < -0.39 is 0 Å². The second-order valence-electron chi connectivity index (χ2n) is 4.26. The minimum Gasteiger partial charge on any atom is -0.356 e. The molecule has 1 saturated heterocycles. The molecule has 0 spiro atoms. The molecule has 1 aliphatic heterocycles. The Balaban J connectivity index is 2.01. The smallest absolute Gasteiger partial charge is 0.220 e. The number of carbonyl (C=O) groups excluding carboxylic acids is 1. The van der Waals surface area contributed by atoms with Crippen molar-refractivity contribution in [2.24, 2.45) is 11.7 Å². The third-order valence-corrected chi connectivity index (χ3v) is 2.83. The second kappa shape index (κ2) is 7.65. The van der Waals surface area contributed by atoms with Crippen LogP contribution in [0.15, 0.2) is 0 Å². The van der Waals surface area contributed by atoms with Crippen molar-refractivity contribution in [3.05, 3.63) is 0 Å². The molecule has 1 heterocycles. The summed E-state index contributed by atoms with van der Waals surface area (Å²) in [5, 5.41) is 6.26. The van der Waals surface area contributed by atoms with E-state index in [0.29, 0.717) is 18.9 Å². The highest BCUT2D eigenvalue weighted by Gasteiger charge is 2.15. The summed E-state index contributed by atoms with van der Waals surface area (Å²) in [4.78, 5) is 11.5. The monoisotopic (exact) mass is 213 g/mol. The van der Waals surface area contributed by atoms with Crippen LogP contribution in [0.5, 0.6) is 0 Å². The van der Waals surface area contributed by atoms with E-state index >= 15 is 0 Å². The van der Waals surface area contributed by atoms with Crippen molar-refractivity contribution in [1.82, 2.24) is 10.6 Å². The molecule has 1 atom stereocenters. The molecule has 15 heavy (non-hydrogen) atoms. The van der Waals surface area contributed by atoms with E-state index in [1.807, 2.05) is 0 Å². The maximum Gasteiger partial charge on any atom is 0.220 e. The van der Waals surface area contributed by atoms with Gasteiger partial charge in [-0.1, -0.05) is 0 Å². The van der Waals surface area contributed by atoms with E-state index in [4.69, 9.17) is 5.73 Å². The SMILES string of the molecule is NCCCCNC(=O)CC1CCCNC1. The van der Waals surface area contributed by atoms with Gasteiger partial charge in [-0.25, -0.2) is 0 Å². The van der Waals surface area contributed by atoms with Gasteiger partial charge in [-0.15, -0.1) is 0 Å². The lowest BCUT2D eigenvalue weighted by molar-refractivity contribution is -0.122. The van der Waals surface area contributed by atoms with Crippen molar-refractivity contribution < 1.29 is 4.79 Å². The molecule has 0 bridgehead atoms.